The topological polar surface area (TPSA) is 76.5 Å². The van der Waals surface area contributed by atoms with Gasteiger partial charge in [-0.25, -0.2) is 0 Å². The van der Waals surface area contributed by atoms with Crippen molar-refractivity contribution in [2.45, 2.75) is 172 Å². The number of hydrogen-bond donors (Lipinski definition) is 1. The normalized spacial score (nSPS) is 13.6. The fourth-order valence-corrected chi connectivity index (χ4v) is 5.07. The average Bonchev–Trinajstić information content (AvgIpc) is 3.33. The highest BCUT2D eigenvalue weighted by atomic mass is 35.5. The first-order chi connectivity index (χ1) is 33.2. The Bertz CT molecular complexity index is 1640. The van der Waals surface area contributed by atoms with E-state index >= 15 is 0 Å². The average molecular weight is 969 g/mol. The van der Waals surface area contributed by atoms with E-state index < -0.39 is 5.41 Å². The highest BCUT2D eigenvalue weighted by Gasteiger charge is 2.23. The molecular formula is C63H98ClNO4. The Morgan fingerprint density at radius 2 is 0.739 bits per heavy atom. The van der Waals surface area contributed by atoms with E-state index in [0.29, 0.717) is 25.0 Å². The molecule has 0 saturated carbocycles. The molecule has 0 aliphatic rings. The molecular weight excluding hydrogens is 870 g/mol. The lowest BCUT2D eigenvalue weighted by Gasteiger charge is -2.19. The third kappa shape index (κ3) is 57.7. The van der Waals surface area contributed by atoms with Crippen LogP contribution in [0.1, 0.15) is 172 Å². The van der Waals surface area contributed by atoms with Crippen LogP contribution in [0.3, 0.4) is 0 Å². The molecule has 0 amide bonds. The van der Waals surface area contributed by atoms with Crippen molar-refractivity contribution >= 4 is 22.8 Å². The summed E-state index contributed by atoms with van der Waals surface area (Å²) in [7, 11) is 0. The van der Waals surface area contributed by atoms with Crippen LogP contribution in [0.25, 0.3) is 0 Å². The second kappa shape index (κ2) is 52.8. The number of carbonyl (C=O) groups is 2. The summed E-state index contributed by atoms with van der Waals surface area (Å²) >= 11 is 5.11. The third-order valence-electron chi connectivity index (χ3n) is 9.76. The van der Waals surface area contributed by atoms with E-state index in [0.717, 1.165) is 103 Å². The zero-order valence-corrected chi connectivity index (χ0v) is 45.9. The summed E-state index contributed by atoms with van der Waals surface area (Å²) in [4.78, 5) is 25.9. The van der Waals surface area contributed by atoms with E-state index in [1.807, 2.05) is 39.0 Å². The van der Waals surface area contributed by atoms with Gasteiger partial charge in [0.2, 0.25) is 5.24 Å². The van der Waals surface area contributed by atoms with Crippen molar-refractivity contribution in [1.29, 1.82) is 0 Å². The molecule has 0 fully saturated rings. The molecule has 1 aromatic heterocycles. The molecule has 386 valence electrons. The van der Waals surface area contributed by atoms with Crippen LogP contribution >= 0.6 is 11.6 Å². The Morgan fingerprint density at radius 1 is 0.464 bits per heavy atom. The second-order valence-corrected chi connectivity index (χ2v) is 18.8. The fraction of sp³-hybridized carbons (Fsp3) is 0.508. The molecule has 1 rings (SSSR count). The van der Waals surface area contributed by atoms with Gasteiger partial charge in [0, 0.05) is 24.4 Å². The lowest BCUT2D eigenvalue weighted by atomic mass is 9.97. The van der Waals surface area contributed by atoms with Gasteiger partial charge in [-0.15, -0.1) is 0 Å². The summed E-state index contributed by atoms with van der Waals surface area (Å²) in [6.45, 7) is 20.4. The van der Waals surface area contributed by atoms with E-state index in [1.165, 1.54) is 0 Å². The zero-order valence-electron chi connectivity index (χ0n) is 45.1. The van der Waals surface area contributed by atoms with Gasteiger partial charge in [0.1, 0.15) is 0 Å². The highest BCUT2D eigenvalue weighted by Crippen LogP contribution is 2.18. The van der Waals surface area contributed by atoms with Crippen molar-refractivity contribution in [2.75, 3.05) is 13.2 Å². The van der Waals surface area contributed by atoms with Gasteiger partial charge in [-0.05, 0) is 153 Å². The first kappa shape index (κ1) is 68.7. The summed E-state index contributed by atoms with van der Waals surface area (Å²) in [5.41, 5.74) is -0.798. The van der Waals surface area contributed by atoms with Crippen LogP contribution in [0.4, 0.5) is 0 Å². The Labute approximate surface area is 429 Å². The van der Waals surface area contributed by atoms with Gasteiger partial charge in [-0.2, -0.15) is 0 Å². The monoisotopic (exact) mass is 968 g/mol. The SMILES string of the molecule is CC(C)(C)C(=O)Cl.CC/C=C\C/C=C\C/C=C\C/C=C\C/C=C\C/C=C\CC(CC)CO.CC/C=C\C/C=C\C/C=C\C/C=C\C/C=C\C/C=C\CC(CC)COC(=O)C(C)(C)C.c1ccncc1. The molecule has 0 radical (unpaired) electrons. The Balaban J connectivity index is -0.00000101. The van der Waals surface area contributed by atoms with Crippen LogP contribution in [-0.2, 0) is 14.3 Å². The van der Waals surface area contributed by atoms with E-state index in [4.69, 9.17) is 21.4 Å². The largest absolute Gasteiger partial charge is 0.465 e. The highest BCUT2D eigenvalue weighted by molar-refractivity contribution is 6.64. The molecule has 1 heterocycles. The van der Waals surface area contributed by atoms with Crippen LogP contribution in [-0.4, -0.2) is 34.5 Å². The summed E-state index contributed by atoms with van der Waals surface area (Å²) in [6.07, 6.45) is 72.8. The number of esters is 1. The number of halogens is 1. The molecule has 0 aromatic carbocycles. The summed E-state index contributed by atoms with van der Waals surface area (Å²) < 4.78 is 5.44. The van der Waals surface area contributed by atoms with Gasteiger partial charge in [-0.3, -0.25) is 14.6 Å². The second-order valence-electron chi connectivity index (χ2n) is 18.4. The molecule has 1 aromatic rings. The molecule has 6 heteroatoms. The van der Waals surface area contributed by atoms with Crippen LogP contribution in [0, 0.1) is 22.7 Å². The molecule has 2 unspecified atom stereocenters. The Hall–Kier alpha value is -4.58. The standard InChI is InChI=1S/C29H46O2.C24H38O.C5H9ClO.C5H5N/c1-6-8-9-10-11-12-13-14-15-16-17-18-19-20-21-22-23-24-25-27(7-2)26-31-28(30)29(3,4)5;1-3-5-6-7-8-9-10-11-12-13-14-15-16-17-18-19-20-21-22-24(4-2)23-25;1-5(2,3)4(6)7;1-2-4-6-5-3-1/h8-9,11-12,14-15,17-18,20-21,23-24,27H,6-7,10,13,16,19,22,25-26H2,1-5H3;5-6,8-9,11-12,14-15,17-18,20-21,24-25H,3-4,7,10,13,16,19,22-23H2,1-2H3;1-3H3;1-5H/b9-8-,12-11-,15-14-,18-17-,21-20-,24-23-;6-5-,9-8-,12-11-,15-14-,18-17-,21-20-;;. The number of rotatable bonds is 31. The minimum atomic E-state index is -0.424. The third-order valence-corrected chi connectivity index (χ3v) is 10.3. The number of nitrogens with zero attached hydrogens (tertiary/aromatic N) is 1. The van der Waals surface area contributed by atoms with E-state index in [9.17, 15) is 9.59 Å². The molecule has 5 nitrogen and oxygen atoms in total. The first-order valence-electron chi connectivity index (χ1n) is 25.8. The van der Waals surface area contributed by atoms with E-state index in [1.54, 1.807) is 33.2 Å². The lowest BCUT2D eigenvalue weighted by Crippen LogP contribution is -2.25. The Morgan fingerprint density at radius 3 is 0.942 bits per heavy atom. The summed E-state index contributed by atoms with van der Waals surface area (Å²) in [5.74, 6) is 0.703. The minimum Gasteiger partial charge on any atom is -0.465 e. The number of allylic oxidation sites excluding steroid dienone is 24. The smallest absolute Gasteiger partial charge is 0.311 e. The molecule has 69 heavy (non-hydrogen) atoms. The van der Waals surface area contributed by atoms with Crippen molar-refractivity contribution in [3.8, 4) is 0 Å². The number of hydrogen-bond acceptors (Lipinski definition) is 5. The first-order valence-corrected chi connectivity index (χ1v) is 26.2. The van der Waals surface area contributed by atoms with Crippen molar-refractivity contribution in [3.63, 3.8) is 0 Å². The number of ether oxygens (including phenoxy) is 1. The fourth-order valence-electron chi connectivity index (χ4n) is 5.07. The van der Waals surface area contributed by atoms with Crippen molar-refractivity contribution in [2.24, 2.45) is 22.7 Å². The maximum absolute atomic E-state index is 11.9. The number of aliphatic hydroxyl groups is 1. The quantitative estimate of drug-likeness (QED) is 0.0456. The van der Waals surface area contributed by atoms with Gasteiger partial charge in [0.25, 0.3) is 0 Å². The molecule has 0 aliphatic carbocycles. The van der Waals surface area contributed by atoms with Crippen molar-refractivity contribution in [1.82, 2.24) is 4.98 Å². The number of aromatic nitrogens is 1. The van der Waals surface area contributed by atoms with Crippen LogP contribution < -0.4 is 0 Å². The summed E-state index contributed by atoms with van der Waals surface area (Å²) in [5, 5.41) is 8.82. The maximum Gasteiger partial charge on any atom is 0.311 e. The van der Waals surface area contributed by atoms with Gasteiger partial charge in [-0.1, -0.05) is 207 Å². The number of pyridine rings is 1. The summed E-state index contributed by atoms with van der Waals surface area (Å²) in [6, 6.07) is 5.72. The predicted molar refractivity (Wildman–Crippen MR) is 305 cm³/mol. The van der Waals surface area contributed by atoms with E-state index in [-0.39, 0.29) is 16.6 Å². The molecule has 2 atom stereocenters. The molecule has 0 aliphatic heterocycles. The molecule has 1 N–H and O–H groups in total. The molecule has 0 saturated heterocycles. The van der Waals surface area contributed by atoms with Crippen molar-refractivity contribution < 1.29 is 19.4 Å². The maximum atomic E-state index is 11.9. The van der Waals surface area contributed by atoms with Gasteiger partial charge >= 0.3 is 5.97 Å². The van der Waals surface area contributed by atoms with E-state index in [2.05, 4.69) is 179 Å². The van der Waals surface area contributed by atoms with Gasteiger partial charge in [0.05, 0.1) is 12.0 Å². The van der Waals surface area contributed by atoms with Crippen LogP contribution in [0.15, 0.2) is 176 Å². The predicted octanol–water partition coefficient (Wildman–Crippen LogP) is 18.7. The zero-order chi connectivity index (χ0) is 52.0. The van der Waals surface area contributed by atoms with Gasteiger partial charge in [0.15, 0.2) is 0 Å². The Kier molecular flexibility index (Phi) is 52.5. The number of carbonyl (C=O) groups excluding carboxylic acids is 2. The van der Waals surface area contributed by atoms with Crippen molar-refractivity contribution in [3.05, 3.63) is 176 Å². The minimum absolute atomic E-state index is 0.117. The molecule has 0 bridgehead atoms. The van der Waals surface area contributed by atoms with Crippen LogP contribution in [0.5, 0.6) is 0 Å². The molecule has 0 spiro atoms. The number of aliphatic hydroxyl groups excluding tert-OH is 1. The lowest BCUT2D eigenvalue weighted by molar-refractivity contribution is -0.154. The van der Waals surface area contributed by atoms with Crippen LogP contribution in [0.2, 0.25) is 0 Å². The van der Waals surface area contributed by atoms with Gasteiger partial charge < -0.3 is 9.84 Å².